The molecule has 0 fully saturated rings. The van der Waals surface area contributed by atoms with Crippen LogP contribution in [0.5, 0.6) is 0 Å². The number of hydrogen-bond acceptors (Lipinski definition) is 6. The number of carbonyl (C=O) groups excluding carboxylic acids is 3. The molecule has 358 valence electrons. The molecule has 1 unspecified atom stereocenters. The van der Waals surface area contributed by atoms with E-state index in [0.717, 1.165) is 103 Å². The minimum atomic E-state index is -0.820. The molecule has 0 saturated carbocycles. The molecule has 6 heteroatoms. The summed E-state index contributed by atoms with van der Waals surface area (Å²) >= 11 is 0. The van der Waals surface area contributed by atoms with Crippen molar-refractivity contribution in [3.05, 3.63) is 97.2 Å². The van der Waals surface area contributed by atoms with Crippen molar-refractivity contribution in [3.8, 4) is 0 Å². The van der Waals surface area contributed by atoms with E-state index in [0.29, 0.717) is 19.3 Å². The van der Waals surface area contributed by atoms with Gasteiger partial charge < -0.3 is 14.2 Å². The van der Waals surface area contributed by atoms with E-state index in [4.69, 9.17) is 14.2 Å². The Labute approximate surface area is 387 Å². The number of ether oxygens (including phenoxy) is 3. The zero-order valence-corrected chi connectivity index (χ0v) is 40.8. The lowest BCUT2D eigenvalue weighted by Crippen LogP contribution is -2.30. The van der Waals surface area contributed by atoms with Crippen molar-refractivity contribution in [2.24, 2.45) is 0 Å². The van der Waals surface area contributed by atoms with Gasteiger partial charge in [-0.15, -0.1) is 0 Å². The van der Waals surface area contributed by atoms with Crippen LogP contribution >= 0.6 is 0 Å². The van der Waals surface area contributed by atoms with E-state index in [-0.39, 0.29) is 31.6 Å². The van der Waals surface area contributed by atoms with Gasteiger partial charge in [-0.2, -0.15) is 0 Å². The maximum absolute atomic E-state index is 12.7. The van der Waals surface area contributed by atoms with Gasteiger partial charge in [0.25, 0.3) is 0 Å². The molecule has 0 spiro atoms. The Morgan fingerprint density at radius 2 is 0.651 bits per heavy atom. The van der Waals surface area contributed by atoms with E-state index >= 15 is 0 Å². The Hall–Kier alpha value is -3.67. The van der Waals surface area contributed by atoms with Crippen LogP contribution in [0.25, 0.3) is 0 Å². The molecule has 0 aliphatic heterocycles. The zero-order valence-electron chi connectivity index (χ0n) is 40.8. The molecule has 0 bridgehead atoms. The van der Waals surface area contributed by atoms with E-state index < -0.39 is 12.1 Å². The van der Waals surface area contributed by atoms with Gasteiger partial charge in [0.15, 0.2) is 6.10 Å². The lowest BCUT2D eigenvalue weighted by atomic mass is 10.0. The molecule has 63 heavy (non-hydrogen) atoms. The van der Waals surface area contributed by atoms with Gasteiger partial charge in [-0.1, -0.05) is 221 Å². The highest BCUT2D eigenvalue weighted by molar-refractivity contribution is 5.71. The van der Waals surface area contributed by atoms with Crippen molar-refractivity contribution in [1.82, 2.24) is 0 Å². The average Bonchev–Trinajstić information content (AvgIpc) is 3.28. The van der Waals surface area contributed by atoms with Crippen LogP contribution in [0.2, 0.25) is 0 Å². The van der Waals surface area contributed by atoms with Crippen molar-refractivity contribution in [3.63, 3.8) is 0 Å². The van der Waals surface area contributed by atoms with Crippen molar-refractivity contribution in [2.45, 2.75) is 232 Å². The van der Waals surface area contributed by atoms with Crippen LogP contribution in [0, 0.1) is 0 Å². The fraction of sp³-hybridized carbons (Fsp3) is 0.667. The van der Waals surface area contributed by atoms with Crippen LogP contribution in [-0.2, 0) is 28.6 Å². The fourth-order valence-electron chi connectivity index (χ4n) is 6.80. The van der Waals surface area contributed by atoms with E-state index in [1.807, 2.05) is 12.2 Å². The summed E-state index contributed by atoms with van der Waals surface area (Å²) in [7, 11) is 0. The number of allylic oxidation sites excluding steroid dienone is 16. The van der Waals surface area contributed by atoms with Crippen LogP contribution in [-0.4, -0.2) is 37.2 Å². The first-order valence-corrected chi connectivity index (χ1v) is 25.7. The van der Waals surface area contributed by atoms with Gasteiger partial charge in [0.05, 0.1) is 0 Å². The molecule has 0 aromatic heterocycles. The molecule has 0 radical (unpaired) electrons. The molecule has 0 aromatic rings. The summed E-state index contributed by atoms with van der Waals surface area (Å²) in [6.07, 6.45) is 66.9. The van der Waals surface area contributed by atoms with Gasteiger partial charge in [0.2, 0.25) is 0 Å². The van der Waals surface area contributed by atoms with Crippen LogP contribution in [0.4, 0.5) is 0 Å². The predicted octanol–water partition coefficient (Wildman–Crippen LogP) is 17.0. The summed E-state index contributed by atoms with van der Waals surface area (Å²) in [6, 6.07) is 0. The third-order valence-corrected chi connectivity index (χ3v) is 10.6. The summed E-state index contributed by atoms with van der Waals surface area (Å²) in [4.78, 5) is 37.9. The molecular weight excluding hydrogens is 781 g/mol. The minimum absolute atomic E-state index is 0.110. The maximum Gasteiger partial charge on any atom is 0.306 e. The third kappa shape index (κ3) is 49.2. The fourth-order valence-corrected chi connectivity index (χ4v) is 6.80. The molecule has 0 aromatic carbocycles. The van der Waals surface area contributed by atoms with Gasteiger partial charge >= 0.3 is 17.9 Å². The topological polar surface area (TPSA) is 78.9 Å². The van der Waals surface area contributed by atoms with E-state index in [1.54, 1.807) is 0 Å². The van der Waals surface area contributed by atoms with Gasteiger partial charge in [0.1, 0.15) is 13.2 Å². The van der Waals surface area contributed by atoms with Crippen LogP contribution in [0.1, 0.15) is 226 Å². The van der Waals surface area contributed by atoms with Crippen molar-refractivity contribution < 1.29 is 28.6 Å². The Morgan fingerprint density at radius 1 is 0.333 bits per heavy atom. The second kappa shape index (κ2) is 51.0. The number of hydrogen-bond donors (Lipinski definition) is 0. The lowest BCUT2D eigenvalue weighted by Gasteiger charge is -2.18. The molecule has 1 atom stereocenters. The molecule has 0 aliphatic rings. The second-order valence-electron chi connectivity index (χ2n) is 16.7. The molecule has 6 nitrogen and oxygen atoms in total. The van der Waals surface area contributed by atoms with E-state index in [9.17, 15) is 14.4 Å². The quantitative estimate of drug-likeness (QED) is 0.0262. The largest absolute Gasteiger partial charge is 0.462 e. The standard InChI is InChI=1S/C57H94O6/c1-4-7-10-13-16-19-22-25-26-27-28-29-30-33-35-38-41-44-47-50-56(59)62-53-54(63-57(60)51-48-45-42-39-36-32-24-21-18-15-12-9-6-3)52-61-55(58)49-46-43-40-37-34-31-23-20-17-14-11-8-5-2/h7,9-10,12,16,18-19,21,25-26,28-29,32,36,42,45,54H,4-6,8,11,13-15,17,20,22-24,27,30-31,33-35,37-41,43-44,46-53H2,1-3H3/b10-7-,12-9-,19-16-,21-18-,26-25-,29-28-,36-32-,45-42-. The Morgan fingerprint density at radius 3 is 1.03 bits per heavy atom. The maximum atomic E-state index is 12.7. The minimum Gasteiger partial charge on any atom is -0.462 e. The lowest BCUT2D eigenvalue weighted by molar-refractivity contribution is -0.166. The summed E-state index contributed by atoms with van der Waals surface area (Å²) in [5.74, 6) is -1.01. The Kier molecular flexibility index (Phi) is 48.0. The number of unbranched alkanes of at least 4 members (excludes halogenated alkanes) is 18. The van der Waals surface area contributed by atoms with Crippen LogP contribution < -0.4 is 0 Å². The van der Waals surface area contributed by atoms with Gasteiger partial charge in [-0.25, -0.2) is 0 Å². The SMILES string of the molecule is CC/C=C\C/C=C\C/C=C\C/C=C\CCCCCCCCC(=O)OCC(COC(=O)CCCCCCCCCCCCCCC)OC(=O)CC/C=C\C/C=C\C/C=C\C/C=C\CC. The van der Waals surface area contributed by atoms with E-state index in [1.165, 1.54) is 77.0 Å². The highest BCUT2D eigenvalue weighted by atomic mass is 16.6. The predicted molar refractivity (Wildman–Crippen MR) is 270 cm³/mol. The second-order valence-corrected chi connectivity index (χ2v) is 16.7. The van der Waals surface area contributed by atoms with Crippen LogP contribution in [0.15, 0.2) is 97.2 Å². The zero-order chi connectivity index (χ0) is 45.8. The van der Waals surface area contributed by atoms with Crippen molar-refractivity contribution in [1.29, 1.82) is 0 Å². The monoisotopic (exact) mass is 875 g/mol. The summed E-state index contributed by atoms with van der Waals surface area (Å²) in [5.41, 5.74) is 0. The molecule has 0 amide bonds. The molecular formula is C57H94O6. The Balaban J connectivity index is 4.46. The molecule has 0 N–H and O–H groups in total. The number of carbonyl (C=O) groups is 3. The summed E-state index contributed by atoms with van der Waals surface area (Å²) in [5, 5.41) is 0. The number of esters is 3. The van der Waals surface area contributed by atoms with Gasteiger partial charge in [0, 0.05) is 19.3 Å². The summed E-state index contributed by atoms with van der Waals surface area (Å²) in [6.45, 7) is 6.33. The van der Waals surface area contributed by atoms with Gasteiger partial charge in [-0.3, -0.25) is 14.4 Å². The molecule has 0 aliphatic carbocycles. The van der Waals surface area contributed by atoms with Crippen LogP contribution in [0.3, 0.4) is 0 Å². The third-order valence-electron chi connectivity index (χ3n) is 10.6. The first-order valence-electron chi connectivity index (χ1n) is 25.7. The average molecular weight is 875 g/mol. The number of rotatable bonds is 45. The van der Waals surface area contributed by atoms with Gasteiger partial charge in [-0.05, 0) is 83.5 Å². The molecule has 0 heterocycles. The summed E-state index contributed by atoms with van der Waals surface area (Å²) < 4.78 is 16.7. The van der Waals surface area contributed by atoms with E-state index in [2.05, 4.69) is 106 Å². The van der Waals surface area contributed by atoms with Crippen molar-refractivity contribution >= 4 is 17.9 Å². The highest BCUT2D eigenvalue weighted by Crippen LogP contribution is 2.14. The first kappa shape index (κ1) is 59.3. The Bertz CT molecular complexity index is 1280. The van der Waals surface area contributed by atoms with Crippen molar-refractivity contribution in [2.75, 3.05) is 13.2 Å². The molecule has 0 saturated heterocycles. The molecule has 0 rings (SSSR count). The first-order chi connectivity index (χ1) is 31.0. The smallest absolute Gasteiger partial charge is 0.306 e. The normalized spacial score (nSPS) is 12.9. The highest BCUT2D eigenvalue weighted by Gasteiger charge is 2.19.